The van der Waals surface area contributed by atoms with E-state index in [-0.39, 0.29) is 11.8 Å². The summed E-state index contributed by atoms with van der Waals surface area (Å²) in [5, 5.41) is 0. The standard InChI is InChI=1S/C13H22N2O2/c1-13(2,11(16)14-7-3-4-8-14)12(17)15-9-5-6-10-15/h3-10H2,1-2H3. The number of carbonyl (C=O) groups excluding carboxylic acids is 2. The molecule has 0 aromatic rings. The van der Waals surface area contributed by atoms with Crippen molar-refractivity contribution in [3.63, 3.8) is 0 Å². The third kappa shape index (κ3) is 2.31. The summed E-state index contributed by atoms with van der Waals surface area (Å²) in [6, 6.07) is 0. The molecule has 2 rings (SSSR count). The van der Waals surface area contributed by atoms with Gasteiger partial charge in [-0.05, 0) is 39.5 Å². The molecule has 0 aromatic carbocycles. The van der Waals surface area contributed by atoms with Crippen molar-refractivity contribution in [3.8, 4) is 0 Å². The third-order valence-corrected chi connectivity index (χ3v) is 3.86. The molecule has 0 aromatic heterocycles. The van der Waals surface area contributed by atoms with Crippen LogP contribution in [0.5, 0.6) is 0 Å². The van der Waals surface area contributed by atoms with Gasteiger partial charge < -0.3 is 9.80 Å². The van der Waals surface area contributed by atoms with E-state index in [0.717, 1.165) is 51.9 Å². The van der Waals surface area contributed by atoms with Crippen molar-refractivity contribution in [1.82, 2.24) is 9.80 Å². The molecule has 0 unspecified atom stereocenters. The van der Waals surface area contributed by atoms with Crippen molar-refractivity contribution in [3.05, 3.63) is 0 Å². The van der Waals surface area contributed by atoms with Crippen LogP contribution < -0.4 is 0 Å². The van der Waals surface area contributed by atoms with Crippen molar-refractivity contribution in [2.75, 3.05) is 26.2 Å². The van der Waals surface area contributed by atoms with E-state index >= 15 is 0 Å². The van der Waals surface area contributed by atoms with Crippen LogP contribution in [0, 0.1) is 5.41 Å². The summed E-state index contributed by atoms with van der Waals surface area (Å²) in [6.45, 7) is 6.80. The molecular formula is C13H22N2O2. The van der Waals surface area contributed by atoms with E-state index in [2.05, 4.69) is 0 Å². The Balaban J connectivity index is 2.05. The Morgan fingerprint density at radius 2 is 1.06 bits per heavy atom. The molecule has 17 heavy (non-hydrogen) atoms. The van der Waals surface area contributed by atoms with Gasteiger partial charge in [-0.2, -0.15) is 0 Å². The smallest absolute Gasteiger partial charge is 0.237 e. The van der Waals surface area contributed by atoms with E-state index in [0.29, 0.717) is 0 Å². The molecule has 0 bridgehead atoms. The van der Waals surface area contributed by atoms with Gasteiger partial charge in [-0.1, -0.05) is 0 Å². The Labute approximate surface area is 103 Å². The molecule has 4 heteroatoms. The summed E-state index contributed by atoms with van der Waals surface area (Å²) in [7, 11) is 0. The monoisotopic (exact) mass is 238 g/mol. The highest BCUT2D eigenvalue weighted by Gasteiger charge is 2.42. The van der Waals surface area contributed by atoms with Crippen LogP contribution in [-0.2, 0) is 9.59 Å². The first-order chi connectivity index (χ1) is 8.03. The van der Waals surface area contributed by atoms with Gasteiger partial charge >= 0.3 is 0 Å². The Morgan fingerprint density at radius 1 is 0.765 bits per heavy atom. The fraction of sp³-hybridized carbons (Fsp3) is 0.846. The summed E-state index contributed by atoms with van der Waals surface area (Å²) < 4.78 is 0. The minimum Gasteiger partial charge on any atom is -0.342 e. The van der Waals surface area contributed by atoms with E-state index in [4.69, 9.17) is 0 Å². The molecular weight excluding hydrogens is 216 g/mol. The molecule has 0 radical (unpaired) electrons. The second kappa shape index (κ2) is 4.67. The van der Waals surface area contributed by atoms with Crippen LogP contribution >= 0.6 is 0 Å². The van der Waals surface area contributed by atoms with Gasteiger partial charge in [-0.3, -0.25) is 9.59 Å². The summed E-state index contributed by atoms with van der Waals surface area (Å²) in [4.78, 5) is 28.4. The SMILES string of the molecule is CC(C)(C(=O)N1CCCC1)C(=O)N1CCCC1. The Bertz CT molecular complexity index is 283. The van der Waals surface area contributed by atoms with Gasteiger partial charge in [0, 0.05) is 26.2 Å². The molecule has 2 heterocycles. The van der Waals surface area contributed by atoms with Crippen molar-refractivity contribution in [2.24, 2.45) is 5.41 Å². The van der Waals surface area contributed by atoms with Gasteiger partial charge in [0.05, 0.1) is 0 Å². The minimum absolute atomic E-state index is 0.00639. The molecule has 2 saturated heterocycles. The maximum Gasteiger partial charge on any atom is 0.237 e. The number of amides is 2. The van der Waals surface area contributed by atoms with E-state index in [1.807, 2.05) is 9.80 Å². The zero-order valence-electron chi connectivity index (χ0n) is 10.9. The molecule has 0 spiro atoms. The second-order valence-corrected chi connectivity index (χ2v) is 5.62. The molecule has 0 saturated carbocycles. The first kappa shape index (κ1) is 12.4. The topological polar surface area (TPSA) is 40.6 Å². The van der Waals surface area contributed by atoms with E-state index in [1.165, 1.54) is 0 Å². The maximum absolute atomic E-state index is 12.3. The van der Waals surface area contributed by atoms with Gasteiger partial charge in [-0.25, -0.2) is 0 Å². The van der Waals surface area contributed by atoms with Crippen molar-refractivity contribution in [2.45, 2.75) is 39.5 Å². The maximum atomic E-state index is 12.3. The molecule has 2 fully saturated rings. The molecule has 4 nitrogen and oxygen atoms in total. The minimum atomic E-state index is -0.880. The average Bonchev–Trinajstić information content (AvgIpc) is 2.99. The third-order valence-electron chi connectivity index (χ3n) is 3.86. The van der Waals surface area contributed by atoms with E-state index < -0.39 is 5.41 Å². The molecule has 0 aliphatic carbocycles. The zero-order chi connectivity index (χ0) is 12.5. The highest BCUT2D eigenvalue weighted by atomic mass is 16.2. The number of hydrogen-bond acceptors (Lipinski definition) is 2. The Morgan fingerprint density at radius 3 is 1.35 bits per heavy atom. The number of rotatable bonds is 2. The van der Waals surface area contributed by atoms with Gasteiger partial charge in [0.1, 0.15) is 5.41 Å². The van der Waals surface area contributed by atoms with Crippen molar-refractivity contribution >= 4 is 11.8 Å². The number of carbonyl (C=O) groups is 2. The van der Waals surface area contributed by atoms with Gasteiger partial charge in [0.2, 0.25) is 11.8 Å². The average molecular weight is 238 g/mol. The van der Waals surface area contributed by atoms with Crippen molar-refractivity contribution < 1.29 is 9.59 Å². The predicted octanol–water partition coefficient (Wildman–Crippen LogP) is 1.26. The van der Waals surface area contributed by atoms with Gasteiger partial charge in [-0.15, -0.1) is 0 Å². The molecule has 2 amide bonds. The second-order valence-electron chi connectivity index (χ2n) is 5.62. The predicted molar refractivity (Wildman–Crippen MR) is 65.4 cm³/mol. The fourth-order valence-electron chi connectivity index (χ4n) is 2.72. The van der Waals surface area contributed by atoms with E-state index in [1.54, 1.807) is 13.8 Å². The highest BCUT2D eigenvalue weighted by molar-refractivity contribution is 6.04. The normalized spacial score (nSPS) is 21.1. The van der Waals surface area contributed by atoms with E-state index in [9.17, 15) is 9.59 Å². The molecule has 96 valence electrons. The van der Waals surface area contributed by atoms with Crippen LogP contribution in [0.4, 0.5) is 0 Å². The summed E-state index contributed by atoms with van der Waals surface area (Å²) in [6.07, 6.45) is 4.28. The zero-order valence-corrected chi connectivity index (χ0v) is 10.9. The Kier molecular flexibility index (Phi) is 3.40. The van der Waals surface area contributed by atoms with Gasteiger partial charge in [0.25, 0.3) is 0 Å². The lowest BCUT2D eigenvalue weighted by Crippen LogP contribution is -2.49. The molecule has 2 aliphatic heterocycles. The lowest BCUT2D eigenvalue weighted by molar-refractivity contribution is -0.152. The molecule has 0 N–H and O–H groups in total. The number of nitrogens with zero attached hydrogens (tertiary/aromatic N) is 2. The summed E-state index contributed by atoms with van der Waals surface area (Å²) in [5.41, 5.74) is -0.880. The van der Waals surface area contributed by atoms with Crippen LogP contribution in [0.3, 0.4) is 0 Å². The fourth-order valence-corrected chi connectivity index (χ4v) is 2.72. The summed E-state index contributed by atoms with van der Waals surface area (Å²) in [5.74, 6) is 0.0128. The molecule has 0 atom stereocenters. The van der Waals surface area contributed by atoms with Gasteiger partial charge in [0.15, 0.2) is 0 Å². The van der Waals surface area contributed by atoms with Crippen LogP contribution in [0.15, 0.2) is 0 Å². The largest absolute Gasteiger partial charge is 0.342 e. The lowest BCUT2D eigenvalue weighted by Gasteiger charge is -2.31. The quantitative estimate of drug-likeness (QED) is 0.679. The molecule has 2 aliphatic rings. The first-order valence-corrected chi connectivity index (χ1v) is 6.62. The van der Waals surface area contributed by atoms with Crippen LogP contribution in [0.25, 0.3) is 0 Å². The van der Waals surface area contributed by atoms with Crippen molar-refractivity contribution in [1.29, 1.82) is 0 Å². The number of hydrogen-bond donors (Lipinski definition) is 0. The summed E-state index contributed by atoms with van der Waals surface area (Å²) >= 11 is 0. The van der Waals surface area contributed by atoms with Crippen LogP contribution in [-0.4, -0.2) is 47.8 Å². The van der Waals surface area contributed by atoms with Crippen LogP contribution in [0.1, 0.15) is 39.5 Å². The number of likely N-dealkylation sites (tertiary alicyclic amines) is 2. The Hall–Kier alpha value is -1.06. The lowest BCUT2D eigenvalue weighted by atomic mass is 9.89. The van der Waals surface area contributed by atoms with Crippen LogP contribution in [0.2, 0.25) is 0 Å². The highest BCUT2D eigenvalue weighted by Crippen LogP contribution is 2.26. The first-order valence-electron chi connectivity index (χ1n) is 6.62.